The van der Waals surface area contributed by atoms with E-state index >= 15 is 0 Å². The molecule has 2 aliphatic rings. The van der Waals surface area contributed by atoms with Crippen molar-refractivity contribution in [3.63, 3.8) is 0 Å². The van der Waals surface area contributed by atoms with Crippen molar-refractivity contribution in [1.82, 2.24) is 15.2 Å². The van der Waals surface area contributed by atoms with Crippen LogP contribution in [0.1, 0.15) is 36.9 Å². The van der Waals surface area contributed by atoms with Gasteiger partial charge in [-0.15, -0.1) is 37.2 Å². The van der Waals surface area contributed by atoms with Crippen molar-refractivity contribution in [3.8, 4) is 6.07 Å². The van der Waals surface area contributed by atoms with Crippen LogP contribution in [0.5, 0.6) is 0 Å². The molecule has 124 valence electrons. The van der Waals surface area contributed by atoms with Gasteiger partial charge in [0.05, 0.1) is 0 Å². The van der Waals surface area contributed by atoms with E-state index in [4.69, 9.17) is 5.26 Å². The van der Waals surface area contributed by atoms with Crippen molar-refractivity contribution in [2.75, 3.05) is 19.6 Å². The molecule has 1 aromatic heterocycles. The Labute approximate surface area is 150 Å². The molecular weight excluding hydrogens is 343 g/mol. The molecule has 1 aromatic rings. The van der Waals surface area contributed by atoms with Gasteiger partial charge in [-0.05, 0) is 43.9 Å². The molecule has 4 nitrogen and oxygen atoms in total. The Balaban J connectivity index is 0.00000147. The molecular formula is C15H23Cl3N4. The zero-order valence-corrected chi connectivity index (χ0v) is 14.9. The topological polar surface area (TPSA) is 52.0 Å². The summed E-state index contributed by atoms with van der Waals surface area (Å²) in [5, 5.41) is 12.3. The summed E-state index contributed by atoms with van der Waals surface area (Å²) in [6.07, 6.45) is 7.14. The number of nitriles is 1. The normalized spacial score (nSPS) is 19.4. The van der Waals surface area contributed by atoms with Crippen molar-refractivity contribution in [2.45, 2.75) is 37.8 Å². The maximum Gasteiger partial charge on any atom is 0.140 e. The Morgan fingerprint density at radius 2 is 1.95 bits per heavy atom. The van der Waals surface area contributed by atoms with E-state index in [0.29, 0.717) is 11.2 Å². The molecule has 0 aromatic carbocycles. The zero-order chi connectivity index (χ0) is 13.1. The first-order chi connectivity index (χ1) is 9.32. The van der Waals surface area contributed by atoms with Crippen LogP contribution in [0.3, 0.4) is 0 Å². The van der Waals surface area contributed by atoms with Crippen LogP contribution in [0.15, 0.2) is 18.3 Å². The van der Waals surface area contributed by atoms with Gasteiger partial charge in [0.25, 0.3) is 0 Å². The van der Waals surface area contributed by atoms with E-state index in [1.807, 2.05) is 18.3 Å². The second-order valence-electron chi connectivity index (χ2n) is 5.66. The third-order valence-corrected chi connectivity index (χ3v) is 4.59. The average Bonchev–Trinajstić information content (AvgIpc) is 2.62. The highest BCUT2D eigenvalue weighted by molar-refractivity contribution is 5.86. The Kier molecular flexibility index (Phi) is 9.30. The number of halogens is 3. The van der Waals surface area contributed by atoms with E-state index in [9.17, 15) is 0 Å². The van der Waals surface area contributed by atoms with Crippen LogP contribution < -0.4 is 5.32 Å². The van der Waals surface area contributed by atoms with E-state index in [1.165, 1.54) is 31.2 Å². The van der Waals surface area contributed by atoms with Crippen molar-refractivity contribution in [2.24, 2.45) is 0 Å². The van der Waals surface area contributed by atoms with Crippen LogP contribution in [-0.2, 0) is 6.54 Å². The maximum absolute atomic E-state index is 8.79. The van der Waals surface area contributed by atoms with Crippen LogP contribution in [-0.4, -0.2) is 35.1 Å². The van der Waals surface area contributed by atoms with Crippen LogP contribution in [0, 0.1) is 11.3 Å². The third kappa shape index (κ3) is 4.47. The van der Waals surface area contributed by atoms with Crippen molar-refractivity contribution >= 4 is 37.2 Å². The minimum atomic E-state index is 0. The molecule has 1 spiro atoms. The lowest BCUT2D eigenvalue weighted by molar-refractivity contribution is 0.0137. The lowest BCUT2D eigenvalue weighted by Crippen LogP contribution is -2.53. The summed E-state index contributed by atoms with van der Waals surface area (Å²) >= 11 is 0. The Morgan fingerprint density at radius 3 is 2.50 bits per heavy atom. The van der Waals surface area contributed by atoms with Crippen LogP contribution in [0.4, 0.5) is 0 Å². The standard InChI is InChI=1S/C15H20N4.3ClH/c16-10-14-3-2-13(11-18-14)12-19-9-8-17-7-6-15(19)4-1-5-15;;;/h2-3,11,17H,1,4-9,12H2;3*1H. The van der Waals surface area contributed by atoms with Crippen molar-refractivity contribution < 1.29 is 0 Å². The molecule has 0 unspecified atom stereocenters. The third-order valence-electron chi connectivity index (χ3n) is 4.59. The van der Waals surface area contributed by atoms with E-state index in [0.717, 1.165) is 26.2 Å². The number of nitrogens with zero attached hydrogens (tertiary/aromatic N) is 3. The summed E-state index contributed by atoms with van der Waals surface area (Å²) in [5.41, 5.74) is 2.14. The predicted molar refractivity (Wildman–Crippen MR) is 95.2 cm³/mol. The molecule has 2 heterocycles. The van der Waals surface area contributed by atoms with Gasteiger partial charge < -0.3 is 5.32 Å². The van der Waals surface area contributed by atoms with Gasteiger partial charge in [-0.1, -0.05) is 6.07 Å². The molecule has 0 atom stereocenters. The first-order valence-electron chi connectivity index (χ1n) is 7.13. The fourth-order valence-electron chi connectivity index (χ4n) is 3.26. The summed E-state index contributed by atoms with van der Waals surface area (Å²) in [5.74, 6) is 0. The predicted octanol–water partition coefficient (Wildman–Crippen LogP) is 2.94. The summed E-state index contributed by atoms with van der Waals surface area (Å²) in [6, 6.07) is 5.93. The van der Waals surface area contributed by atoms with Gasteiger partial charge in [-0.3, -0.25) is 4.90 Å². The van der Waals surface area contributed by atoms with Crippen molar-refractivity contribution in [3.05, 3.63) is 29.6 Å². The zero-order valence-electron chi connectivity index (χ0n) is 12.5. The van der Waals surface area contributed by atoms with E-state index in [-0.39, 0.29) is 37.2 Å². The molecule has 22 heavy (non-hydrogen) atoms. The highest BCUT2D eigenvalue weighted by atomic mass is 35.5. The van der Waals surface area contributed by atoms with E-state index in [1.54, 1.807) is 0 Å². The van der Waals surface area contributed by atoms with Gasteiger partial charge in [-0.2, -0.15) is 5.26 Å². The molecule has 2 fully saturated rings. The molecule has 0 amide bonds. The number of nitrogens with one attached hydrogen (secondary N) is 1. The summed E-state index contributed by atoms with van der Waals surface area (Å²) < 4.78 is 0. The molecule has 1 saturated carbocycles. The van der Waals surface area contributed by atoms with Crippen LogP contribution in [0.2, 0.25) is 0 Å². The molecule has 7 heteroatoms. The largest absolute Gasteiger partial charge is 0.315 e. The van der Waals surface area contributed by atoms with E-state index in [2.05, 4.69) is 21.3 Å². The van der Waals surface area contributed by atoms with E-state index < -0.39 is 0 Å². The minimum absolute atomic E-state index is 0. The summed E-state index contributed by atoms with van der Waals surface area (Å²) in [7, 11) is 0. The number of pyridine rings is 1. The SMILES string of the molecule is Cl.Cl.Cl.N#Cc1ccc(CN2CCNCCC23CCC3)cn1. The fourth-order valence-corrected chi connectivity index (χ4v) is 3.26. The van der Waals surface area contributed by atoms with Gasteiger partial charge in [0.2, 0.25) is 0 Å². The van der Waals surface area contributed by atoms with Crippen LogP contribution >= 0.6 is 37.2 Å². The van der Waals surface area contributed by atoms with Gasteiger partial charge >= 0.3 is 0 Å². The molecule has 1 aliphatic heterocycles. The Morgan fingerprint density at radius 1 is 1.18 bits per heavy atom. The first-order valence-corrected chi connectivity index (χ1v) is 7.13. The van der Waals surface area contributed by atoms with Gasteiger partial charge in [0.15, 0.2) is 0 Å². The number of hydrogen-bond donors (Lipinski definition) is 1. The van der Waals surface area contributed by atoms with Gasteiger partial charge in [-0.25, -0.2) is 4.98 Å². The quantitative estimate of drug-likeness (QED) is 0.875. The highest BCUT2D eigenvalue weighted by Crippen LogP contribution is 2.41. The molecule has 0 radical (unpaired) electrons. The Bertz CT molecular complexity index is 483. The molecule has 3 rings (SSSR count). The highest BCUT2D eigenvalue weighted by Gasteiger charge is 2.42. The first kappa shape index (κ1) is 21.4. The Hall–Kier alpha value is -0.570. The second-order valence-corrected chi connectivity index (χ2v) is 5.66. The summed E-state index contributed by atoms with van der Waals surface area (Å²) in [6.45, 7) is 4.29. The lowest BCUT2D eigenvalue weighted by atomic mass is 9.73. The van der Waals surface area contributed by atoms with Crippen LogP contribution in [0.25, 0.3) is 0 Å². The fraction of sp³-hybridized carbons (Fsp3) is 0.600. The van der Waals surface area contributed by atoms with Gasteiger partial charge in [0, 0.05) is 31.4 Å². The lowest BCUT2D eigenvalue weighted by Gasteiger charge is -2.49. The molecule has 1 saturated heterocycles. The second kappa shape index (κ2) is 9.54. The number of aromatic nitrogens is 1. The smallest absolute Gasteiger partial charge is 0.140 e. The monoisotopic (exact) mass is 364 g/mol. The van der Waals surface area contributed by atoms with Gasteiger partial charge in [0.1, 0.15) is 11.8 Å². The minimum Gasteiger partial charge on any atom is -0.315 e. The number of hydrogen-bond acceptors (Lipinski definition) is 4. The maximum atomic E-state index is 8.79. The average molecular weight is 366 g/mol. The number of rotatable bonds is 2. The van der Waals surface area contributed by atoms with Crippen molar-refractivity contribution in [1.29, 1.82) is 5.26 Å². The molecule has 0 bridgehead atoms. The molecule has 1 N–H and O–H groups in total. The molecule has 1 aliphatic carbocycles. The summed E-state index contributed by atoms with van der Waals surface area (Å²) in [4.78, 5) is 6.80.